The molecule has 0 amide bonds. The van der Waals surface area contributed by atoms with E-state index in [1.54, 1.807) is 36.4 Å². The molecule has 0 spiro atoms. The maximum Gasteiger partial charge on any atom is 0.335 e. The highest BCUT2D eigenvalue weighted by molar-refractivity contribution is 5.85. The molecule has 0 bridgehead atoms. The lowest BCUT2D eigenvalue weighted by Crippen LogP contribution is -2.11. The minimum Gasteiger partial charge on any atom is -0.423 e. The minimum absolute atomic E-state index is 0.382. The van der Waals surface area contributed by atoms with E-state index in [-0.39, 0.29) is 0 Å². The highest BCUT2D eigenvalue weighted by Gasteiger charge is 2.15. The Morgan fingerprint density at radius 1 is 0.571 bits per heavy atom. The molecule has 4 rings (SSSR count). The quantitative estimate of drug-likeness (QED) is 0.161. The van der Waals surface area contributed by atoms with Crippen LogP contribution in [0.3, 0.4) is 0 Å². The van der Waals surface area contributed by atoms with Crippen LogP contribution in [0.15, 0.2) is 128 Å². The van der Waals surface area contributed by atoms with E-state index in [0.29, 0.717) is 11.5 Å². The Labute approximate surface area is 204 Å². The molecule has 5 nitrogen and oxygen atoms in total. The number of hydrogen-bond donors (Lipinski definition) is 0. The van der Waals surface area contributed by atoms with Crippen LogP contribution in [0.25, 0.3) is 11.1 Å². The van der Waals surface area contributed by atoms with Crippen molar-refractivity contribution in [2.75, 3.05) is 4.90 Å². The third-order valence-electron chi connectivity index (χ3n) is 5.15. The molecule has 0 aliphatic rings. The molecule has 0 saturated carbocycles. The number of rotatable bonds is 8. The average molecular weight is 462 g/mol. The van der Waals surface area contributed by atoms with E-state index in [1.165, 1.54) is 0 Å². The molecule has 5 heteroatoms. The van der Waals surface area contributed by atoms with Gasteiger partial charge in [0.15, 0.2) is 0 Å². The summed E-state index contributed by atoms with van der Waals surface area (Å²) in [6.45, 7) is 6.90. The van der Waals surface area contributed by atoms with E-state index >= 15 is 0 Å². The Bertz CT molecular complexity index is 1300. The van der Waals surface area contributed by atoms with Gasteiger partial charge >= 0.3 is 11.9 Å². The van der Waals surface area contributed by atoms with Gasteiger partial charge in [-0.1, -0.05) is 67.8 Å². The van der Waals surface area contributed by atoms with E-state index < -0.39 is 11.9 Å². The second-order valence-electron chi connectivity index (χ2n) is 7.49. The lowest BCUT2D eigenvalue weighted by molar-refractivity contribution is -0.129. The second-order valence-corrected chi connectivity index (χ2v) is 7.49. The van der Waals surface area contributed by atoms with Gasteiger partial charge in [-0.05, 0) is 47.5 Å². The fourth-order valence-corrected chi connectivity index (χ4v) is 3.57. The van der Waals surface area contributed by atoms with E-state index in [9.17, 15) is 9.59 Å². The largest absolute Gasteiger partial charge is 0.423 e. The van der Waals surface area contributed by atoms with Crippen LogP contribution in [0.2, 0.25) is 0 Å². The van der Waals surface area contributed by atoms with Gasteiger partial charge in [-0.15, -0.1) is 0 Å². The Morgan fingerprint density at radius 3 is 1.54 bits per heavy atom. The molecule has 0 fully saturated rings. The number of esters is 2. The molecular formula is C30H23NO4. The van der Waals surface area contributed by atoms with Crippen LogP contribution in [0.4, 0.5) is 17.1 Å². The van der Waals surface area contributed by atoms with E-state index in [0.717, 1.165) is 40.3 Å². The van der Waals surface area contributed by atoms with E-state index in [1.807, 2.05) is 59.5 Å². The number of anilines is 3. The average Bonchev–Trinajstić information content (AvgIpc) is 2.90. The van der Waals surface area contributed by atoms with Crippen molar-refractivity contribution in [2.24, 2.45) is 0 Å². The van der Waals surface area contributed by atoms with Crippen LogP contribution in [0, 0.1) is 0 Å². The maximum atomic E-state index is 11.7. The summed E-state index contributed by atoms with van der Waals surface area (Å²) in [4.78, 5) is 25.5. The molecule has 0 heterocycles. The topological polar surface area (TPSA) is 55.8 Å². The summed E-state index contributed by atoms with van der Waals surface area (Å²) in [5, 5.41) is 0. The highest BCUT2D eigenvalue weighted by Crippen LogP contribution is 2.38. The summed E-state index contributed by atoms with van der Waals surface area (Å²) in [5.41, 5.74) is 4.56. The first-order chi connectivity index (χ1) is 17.1. The summed E-state index contributed by atoms with van der Waals surface area (Å²) in [7, 11) is 0. The molecule has 35 heavy (non-hydrogen) atoms. The van der Waals surface area contributed by atoms with Gasteiger partial charge < -0.3 is 14.4 Å². The molecule has 4 aromatic rings. The first-order valence-corrected chi connectivity index (χ1v) is 10.9. The van der Waals surface area contributed by atoms with Crippen molar-refractivity contribution in [1.82, 2.24) is 0 Å². The third-order valence-corrected chi connectivity index (χ3v) is 5.15. The van der Waals surface area contributed by atoms with Crippen molar-refractivity contribution in [2.45, 2.75) is 0 Å². The van der Waals surface area contributed by atoms with Crippen LogP contribution in [-0.4, -0.2) is 11.9 Å². The molecule has 0 N–H and O–H groups in total. The molecule has 0 aliphatic carbocycles. The molecule has 0 aliphatic heterocycles. The normalized spacial score (nSPS) is 10.2. The number of hydrogen-bond acceptors (Lipinski definition) is 5. The third kappa shape index (κ3) is 5.72. The first-order valence-electron chi connectivity index (χ1n) is 10.9. The predicted octanol–water partition coefficient (Wildman–Crippen LogP) is 7.01. The molecule has 0 aromatic heterocycles. The van der Waals surface area contributed by atoms with Crippen molar-refractivity contribution in [1.29, 1.82) is 0 Å². The number of benzene rings is 4. The first kappa shape index (κ1) is 23.3. The molecular weight excluding hydrogens is 438 g/mol. The SMILES string of the molecule is C=CC(=O)Oc1cccc(N(c2ccc(-c3ccccc3)cc2)c2cccc(OC(=O)C=C)c2)c1. The van der Waals surface area contributed by atoms with Gasteiger partial charge in [0.2, 0.25) is 0 Å². The van der Waals surface area contributed by atoms with Gasteiger partial charge in [0.05, 0.1) is 0 Å². The molecule has 0 unspecified atom stereocenters. The number of carbonyl (C=O) groups excluding carboxylic acids is 2. The standard InChI is InChI=1S/C30H23NO4/c1-3-29(32)34-27-14-8-12-25(20-27)31(26-13-9-15-28(21-26)35-30(33)4-2)24-18-16-23(17-19-24)22-10-6-5-7-11-22/h3-21H,1-2H2. The summed E-state index contributed by atoms with van der Waals surface area (Å²) < 4.78 is 10.7. The van der Waals surface area contributed by atoms with Gasteiger partial charge in [-0.25, -0.2) is 9.59 Å². The number of nitrogens with zero attached hydrogens (tertiary/aromatic N) is 1. The highest BCUT2D eigenvalue weighted by atomic mass is 16.5. The molecule has 0 radical (unpaired) electrons. The van der Waals surface area contributed by atoms with Crippen molar-refractivity contribution in [3.63, 3.8) is 0 Å². The lowest BCUT2D eigenvalue weighted by atomic mass is 10.0. The molecule has 172 valence electrons. The summed E-state index contributed by atoms with van der Waals surface area (Å²) >= 11 is 0. The fraction of sp³-hybridized carbons (Fsp3) is 0. The zero-order chi connectivity index (χ0) is 24.6. The number of carbonyl (C=O) groups is 2. The second kappa shape index (κ2) is 10.8. The van der Waals surface area contributed by atoms with E-state index in [2.05, 4.69) is 25.3 Å². The molecule has 0 atom stereocenters. The van der Waals surface area contributed by atoms with Crippen molar-refractivity contribution in [3.05, 3.63) is 128 Å². The minimum atomic E-state index is -0.542. The van der Waals surface area contributed by atoms with Gasteiger partial charge in [0.25, 0.3) is 0 Å². The van der Waals surface area contributed by atoms with Crippen LogP contribution in [0.5, 0.6) is 11.5 Å². The van der Waals surface area contributed by atoms with Crippen molar-refractivity contribution < 1.29 is 19.1 Å². The van der Waals surface area contributed by atoms with Crippen molar-refractivity contribution >= 4 is 29.0 Å². The molecule has 0 saturated heterocycles. The Balaban J connectivity index is 1.77. The summed E-state index contributed by atoms with van der Waals surface area (Å²) in [6, 6.07) is 32.5. The van der Waals surface area contributed by atoms with Crippen LogP contribution < -0.4 is 14.4 Å². The lowest BCUT2D eigenvalue weighted by Gasteiger charge is -2.26. The Kier molecular flexibility index (Phi) is 7.19. The summed E-state index contributed by atoms with van der Waals surface area (Å²) in [5.74, 6) is -0.321. The van der Waals surface area contributed by atoms with Gasteiger partial charge in [0, 0.05) is 41.3 Å². The number of ether oxygens (including phenoxy) is 2. The fourth-order valence-electron chi connectivity index (χ4n) is 3.57. The zero-order valence-corrected chi connectivity index (χ0v) is 19.0. The Hall–Kier alpha value is -4.90. The predicted molar refractivity (Wildman–Crippen MR) is 138 cm³/mol. The Morgan fingerprint density at radius 2 is 1.06 bits per heavy atom. The smallest absolute Gasteiger partial charge is 0.335 e. The van der Waals surface area contributed by atoms with Crippen LogP contribution in [0.1, 0.15) is 0 Å². The van der Waals surface area contributed by atoms with Crippen LogP contribution >= 0.6 is 0 Å². The molecule has 4 aromatic carbocycles. The van der Waals surface area contributed by atoms with Gasteiger partial charge in [0.1, 0.15) is 11.5 Å². The summed E-state index contributed by atoms with van der Waals surface area (Å²) in [6.07, 6.45) is 2.23. The van der Waals surface area contributed by atoms with Gasteiger partial charge in [-0.3, -0.25) is 0 Å². The maximum absolute atomic E-state index is 11.7. The van der Waals surface area contributed by atoms with Crippen LogP contribution in [-0.2, 0) is 9.59 Å². The van der Waals surface area contributed by atoms with E-state index in [4.69, 9.17) is 9.47 Å². The van der Waals surface area contributed by atoms with Crippen molar-refractivity contribution in [3.8, 4) is 22.6 Å². The van der Waals surface area contributed by atoms with Gasteiger partial charge in [-0.2, -0.15) is 0 Å². The monoisotopic (exact) mass is 461 g/mol. The zero-order valence-electron chi connectivity index (χ0n) is 19.0.